The number of para-hydroxylation sites is 1. The number of hydrogen-bond acceptors (Lipinski definition) is 6. The highest BCUT2D eigenvalue weighted by Crippen LogP contribution is 2.40. The first-order chi connectivity index (χ1) is 13.1. The summed E-state index contributed by atoms with van der Waals surface area (Å²) in [6.07, 6.45) is 2.53. The number of furan rings is 1. The molecule has 1 unspecified atom stereocenters. The Balaban J connectivity index is 2.01. The highest BCUT2D eigenvalue weighted by atomic mass is 32.2. The van der Waals surface area contributed by atoms with Crippen molar-refractivity contribution in [2.24, 2.45) is 0 Å². The number of thioether (sulfide) groups is 1. The van der Waals surface area contributed by atoms with E-state index >= 15 is 0 Å². The molecule has 27 heavy (non-hydrogen) atoms. The number of nitrogens with zero attached hydrogens (tertiary/aromatic N) is 4. The molecule has 3 heterocycles. The molecule has 0 spiro atoms. The van der Waals surface area contributed by atoms with Gasteiger partial charge in [-0.3, -0.25) is 4.79 Å². The first kappa shape index (κ1) is 17.3. The largest absolute Gasteiger partial charge is 0.854 e. The summed E-state index contributed by atoms with van der Waals surface area (Å²) in [5, 5.41) is 17.7. The van der Waals surface area contributed by atoms with Crippen LogP contribution in [0, 0.1) is 0 Å². The Bertz CT molecular complexity index is 1020. The maximum atomic E-state index is 12.9. The second-order valence-corrected chi connectivity index (χ2v) is 6.87. The summed E-state index contributed by atoms with van der Waals surface area (Å²) >= 11 is 1.30. The molecule has 8 heteroatoms. The maximum Gasteiger partial charge on any atom is 0.325 e. The van der Waals surface area contributed by atoms with Gasteiger partial charge in [-0.25, -0.2) is 9.88 Å². The van der Waals surface area contributed by atoms with E-state index in [-0.39, 0.29) is 5.91 Å². The number of carbonyl (C=O) groups excluding carboxylic acids is 1. The van der Waals surface area contributed by atoms with Crippen LogP contribution in [0.4, 0.5) is 5.69 Å². The fraction of sp³-hybridized carbons (Fsp3) is 0.158. The highest BCUT2D eigenvalue weighted by molar-refractivity contribution is 7.99. The molecule has 1 aliphatic rings. The molecule has 0 bridgehead atoms. The summed E-state index contributed by atoms with van der Waals surface area (Å²) in [6.45, 7) is 5.15. The Kier molecular flexibility index (Phi) is 4.41. The Hall–Kier alpha value is -3.13. The fourth-order valence-corrected chi connectivity index (χ4v) is 3.73. The van der Waals surface area contributed by atoms with Crippen LogP contribution in [0.5, 0.6) is 5.88 Å². The SMILES string of the molecule is C=CCSc1nc([O-])c2[n+](n1)C(c1ccco1)N(C(C)=O)c1ccccc1-2. The molecule has 1 atom stereocenters. The molecule has 0 fully saturated rings. The van der Waals surface area contributed by atoms with Gasteiger partial charge < -0.3 is 9.52 Å². The van der Waals surface area contributed by atoms with Gasteiger partial charge in [0.25, 0.3) is 10.9 Å². The summed E-state index contributed by atoms with van der Waals surface area (Å²) < 4.78 is 7.12. The monoisotopic (exact) mass is 380 g/mol. The van der Waals surface area contributed by atoms with Crippen molar-refractivity contribution >= 4 is 23.4 Å². The predicted octanol–water partition coefficient (Wildman–Crippen LogP) is 2.29. The minimum atomic E-state index is -0.707. The summed E-state index contributed by atoms with van der Waals surface area (Å²) in [6, 6.07) is 10.7. The van der Waals surface area contributed by atoms with Crippen molar-refractivity contribution in [1.29, 1.82) is 0 Å². The van der Waals surface area contributed by atoms with Crippen molar-refractivity contribution in [3.63, 3.8) is 0 Å². The number of amides is 1. The van der Waals surface area contributed by atoms with Crippen LogP contribution in [0.3, 0.4) is 0 Å². The van der Waals surface area contributed by atoms with Crippen molar-refractivity contribution in [1.82, 2.24) is 10.1 Å². The molecule has 0 saturated heterocycles. The Labute approximate surface area is 160 Å². The van der Waals surface area contributed by atoms with Gasteiger partial charge in [0.1, 0.15) is 0 Å². The predicted molar refractivity (Wildman–Crippen MR) is 98.0 cm³/mol. The minimum absolute atomic E-state index is 0.187. The molecule has 0 saturated carbocycles. The van der Waals surface area contributed by atoms with Gasteiger partial charge in [-0.05, 0) is 28.9 Å². The molecule has 0 aliphatic carbocycles. The van der Waals surface area contributed by atoms with Crippen molar-refractivity contribution in [3.05, 3.63) is 61.1 Å². The molecular weight excluding hydrogens is 364 g/mol. The number of fused-ring (bicyclic) bond motifs is 3. The average molecular weight is 380 g/mol. The number of hydrogen-bond donors (Lipinski definition) is 0. The molecule has 1 amide bonds. The number of benzene rings is 1. The van der Waals surface area contributed by atoms with Crippen LogP contribution in [0.2, 0.25) is 0 Å². The van der Waals surface area contributed by atoms with Crippen LogP contribution in [-0.2, 0) is 4.79 Å². The molecule has 0 radical (unpaired) electrons. The fourth-order valence-electron chi connectivity index (χ4n) is 3.17. The minimum Gasteiger partial charge on any atom is -0.854 e. The number of anilines is 1. The lowest BCUT2D eigenvalue weighted by atomic mass is 10.0. The van der Waals surface area contributed by atoms with Gasteiger partial charge in [0.2, 0.25) is 5.91 Å². The lowest BCUT2D eigenvalue weighted by Gasteiger charge is -2.31. The number of aromatic nitrogens is 3. The van der Waals surface area contributed by atoms with E-state index in [1.807, 2.05) is 12.1 Å². The van der Waals surface area contributed by atoms with Gasteiger partial charge in [-0.1, -0.05) is 30.0 Å². The zero-order chi connectivity index (χ0) is 19.0. The second kappa shape index (κ2) is 6.88. The van der Waals surface area contributed by atoms with Gasteiger partial charge in [0.05, 0.1) is 23.4 Å². The van der Waals surface area contributed by atoms with E-state index in [2.05, 4.69) is 16.7 Å². The molecule has 136 valence electrons. The van der Waals surface area contributed by atoms with Crippen LogP contribution in [0.1, 0.15) is 18.8 Å². The Morgan fingerprint density at radius 2 is 2.22 bits per heavy atom. The maximum absolute atomic E-state index is 12.9. The van der Waals surface area contributed by atoms with E-state index in [0.29, 0.717) is 33.6 Å². The van der Waals surface area contributed by atoms with Gasteiger partial charge in [0, 0.05) is 17.8 Å². The first-order valence-electron chi connectivity index (χ1n) is 8.29. The van der Waals surface area contributed by atoms with E-state index in [4.69, 9.17) is 4.42 Å². The summed E-state index contributed by atoms with van der Waals surface area (Å²) in [5.41, 5.74) is 1.56. The summed E-state index contributed by atoms with van der Waals surface area (Å²) in [5.74, 6) is 0.484. The van der Waals surface area contributed by atoms with Gasteiger partial charge in [-0.15, -0.1) is 6.58 Å². The van der Waals surface area contributed by atoms with Crippen LogP contribution >= 0.6 is 11.8 Å². The van der Waals surface area contributed by atoms with E-state index in [0.717, 1.165) is 0 Å². The third-order valence-electron chi connectivity index (χ3n) is 4.18. The number of rotatable bonds is 4. The summed E-state index contributed by atoms with van der Waals surface area (Å²) in [7, 11) is 0. The smallest absolute Gasteiger partial charge is 0.325 e. The molecule has 2 aromatic heterocycles. The molecule has 0 N–H and O–H groups in total. The number of carbonyl (C=O) groups is 1. The molecule has 3 aromatic rings. The highest BCUT2D eigenvalue weighted by Gasteiger charge is 2.45. The van der Waals surface area contributed by atoms with Crippen molar-refractivity contribution in [2.45, 2.75) is 18.2 Å². The van der Waals surface area contributed by atoms with E-state index in [9.17, 15) is 9.90 Å². The Morgan fingerprint density at radius 3 is 2.93 bits per heavy atom. The third-order valence-corrected chi connectivity index (χ3v) is 5.02. The van der Waals surface area contributed by atoms with E-state index < -0.39 is 12.0 Å². The van der Waals surface area contributed by atoms with Crippen LogP contribution in [0.15, 0.2) is 64.9 Å². The lowest BCUT2D eigenvalue weighted by Crippen LogP contribution is -2.58. The second-order valence-electron chi connectivity index (χ2n) is 5.89. The molecule has 4 rings (SSSR count). The average Bonchev–Trinajstić information content (AvgIpc) is 3.19. The normalized spacial score (nSPS) is 15.1. The zero-order valence-electron chi connectivity index (χ0n) is 14.5. The van der Waals surface area contributed by atoms with E-state index in [1.165, 1.54) is 29.6 Å². The summed E-state index contributed by atoms with van der Waals surface area (Å²) in [4.78, 5) is 18.2. The first-order valence-corrected chi connectivity index (χ1v) is 9.27. The van der Waals surface area contributed by atoms with Gasteiger partial charge >= 0.3 is 6.17 Å². The topological polar surface area (TPSA) is 86.2 Å². The molecular formula is C19H16N4O3S. The van der Waals surface area contributed by atoms with Crippen LogP contribution in [0.25, 0.3) is 11.3 Å². The molecule has 1 aromatic carbocycles. The zero-order valence-corrected chi connectivity index (χ0v) is 15.3. The van der Waals surface area contributed by atoms with Crippen LogP contribution < -0.4 is 14.7 Å². The molecule has 7 nitrogen and oxygen atoms in total. The standard InChI is InChI=1S/C19H16N4O3S/c1-3-11-27-19-20-17(25)16-13-7-4-5-8-14(13)22(12(2)24)18(23(16)21-19)15-9-6-10-26-15/h3-10,18H,1,11H2,2H3. The van der Waals surface area contributed by atoms with Gasteiger partial charge in [-0.2, -0.15) is 0 Å². The quantitative estimate of drug-likeness (QED) is 0.392. The lowest BCUT2D eigenvalue weighted by molar-refractivity contribution is -0.765. The molecule has 1 aliphatic heterocycles. The van der Waals surface area contributed by atoms with Crippen LogP contribution in [-0.4, -0.2) is 21.7 Å². The van der Waals surface area contributed by atoms with Gasteiger partial charge in [0.15, 0.2) is 5.76 Å². The van der Waals surface area contributed by atoms with Crippen molar-refractivity contribution in [3.8, 4) is 17.1 Å². The third kappa shape index (κ3) is 2.87. The van der Waals surface area contributed by atoms with Crippen molar-refractivity contribution < 1.29 is 19.0 Å². The van der Waals surface area contributed by atoms with E-state index in [1.54, 1.807) is 35.2 Å². The Morgan fingerprint density at radius 1 is 1.41 bits per heavy atom. The van der Waals surface area contributed by atoms with Crippen molar-refractivity contribution in [2.75, 3.05) is 10.7 Å².